The third-order valence-corrected chi connectivity index (χ3v) is 3.95. The van der Waals surface area contributed by atoms with Crippen LogP contribution < -0.4 is 14.8 Å². The van der Waals surface area contributed by atoms with Crippen molar-refractivity contribution in [2.24, 2.45) is 11.8 Å². The van der Waals surface area contributed by atoms with E-state index in [1.54, 1.807) is 14.2 Å². The van der Waals surface area contributed by atoms with Gasteiger partial charge in [0.1, 0.15) is 11.5 Å². The average molecular weight is 263 g/mol. The van der Waals surface area contributed by atoms with Crippen LogP contribution in [0.3, 0.4) is 0 Å². The van der Waals surface area contributed by atoms with Crippen molar-refractivity contribution < 1.29 is 9.47 Å². The highest BCUT2D eigenvalue weighted by Crippen LogP contribution is 2.47. The van der Waals surface area contributed by atoms with Crippen LogP contribution in [-0.2, 0) is 0 Å². The third-order valence-electron chi connectivity index (χ3n) is 3.95. The smallest absolute Gasteiger partial charge is 0.122 e. The van der Waals surface area contributed by atoms with Crippen molar-refractivity contribution in [3.63, 3.8) is 0 Å². The summed E-state index contributed by atoms with van der Waals surface area (Å²) in [5.74, 6) is 3.28. The molecule has 1 aliphatic carbocycles. The van der Waals surface area contributed by atoms with Crippen molar-refractivity contribution in [1.82, 2.24) is 5.32 Å². The maximum atomic E-state index is 5.37. The van der Waals surface area contributed by atoms with Gasteiger partial charge in [-0.1, -0.05) is 13.8 Å². The Hall–Kier alpha value is -1.22. The van der Waals surface area contributed by atoms with E-state index in [1.165, 1.54) is 12.0 Å². The second-order valence-electron chi connectivity index (χ2n) is 5.45. The predicted octanol–water partition coefficient (Wildman–Crippen LogP) is 3.40. The molecular formula is C16H25NO2. The van der Waals surface area contributed by atoms with Gasteiger partial charge < -0.3 is 14.8 Å². The van der Waals surface area contributed by atoms with E-state index in [0.717, 1.165) is 36.3 Å². The average Bonchev–Trinajstić information content (AvgIpc) is 3.15. The Morgan fingerprint density at radius 1 is 1.21 bits per heavy atom. The van der Waals surface area contributed by atoms with Crippen molar-refractivity contribution in [2.75, 3.05) is 20.8 Å². The first kappa shape index (κ1) is 14.2. The van der Waals surface area contributed by atoms with E-state index < -0.39 is 0 Å². The fourth-order valence-electron chi connectivity index (χ4n) is 2.64. The first-order chi connectivity index (χ1) is 9.19. The number of benzene rings is 1. The third kappa shape index (κ3) is 3.41. The maximum Gasteiger partial charge on any atom is 0.122 e. The largest absolute Gasteiger partial charge is 0.497 e. The summed E-state index contributed by atoms with van der Waals surface area (Å²) in [6.07, 6.45) is 2.46. The molecule has 0 heterocycles. The summed E-state index contributed by atoms with van der Waals surface area (Å²) >= 11 is 0. The SMILES string of the molecule is CCCNC(c1cc(OC)cc(OC)c1)C1CC1C. The molecule has 0 bridgehead atoms. The van der Waals surface area contributed by atoms with Gasteiger partial charge in [0.25, 0.3) is 0 Å². The Bertz CT molecular complexity index is 397. The molecule has 1 aromatic carbocycles. The number of hydrogen-bond acceptors (Lipinski definition) is 3. The van der Waals surface area contributed by atoms with Crippen molar-refractivity contribution in [3.8, 4) is 11.5 Å². The number of rotatable bonds is 7. The summed E-state index contributed by atoms with van der Waals surface area (Å²) in [7, 11) is 3.40. The summed E-state index contributed by atoms with van der Waals surface area (Å²) in [4.78, 5) is 0. The second-order valence-corrected chi connectivity index (χ2v) is 5.45. The molecule has 1 saturated carbocycles. The monoisotopic (exact) mass is 263 g/mol. The Kier molecular flexibility index (Phi) is 4.70. The quantitative estimate of drug-likeness (QED) is 0.818. The Labute approximate surface area is 116 Å². The molecule has 0 saturated heterocycles. The molecule has 1 fully saturated rings. The first-order valence-electron chi connectivity index (χ1n) is 7.16. The van der Waals surface area contributed by atoms with Gasteiger partial charge in [0.2, 0.25) is 0 Å². The van der Waals surface area contributed by atoms with Gasteiger partial charge in [-0.05, 0) is 48.9 Å². The first-order valence-corrected chi connectivity index (χ1v) is 7.16. The normalized spacial score (nSPS) is 22.9. The summed E-state index contributed by atoms with van der Waals surface area (Å²) in [5, 5.41) is 3.67. The minimum absolute atomic E-state index is 0.416. The van der Waals surface area contributed by atoms with Crippen LogP contribution in [0.25, 0.3) is 0 Å². The molecule has 0 aromatic heterocycles. The van der Waals surface area contributed by atoms with Crippen LogP contribution in [0.2, 0.25) is 0 Å². The Morgan fingerprint density at radius 2 is 1.79 bits per heavy atom. The molecule has 1 N–H and O–H groups in total. The molecule has 0 radical (unpaired) electrons. The van der Waals surface area contributed by atoms with E-state index in [9.17, 15) is 0 Å². The van der Waals surface area contributed by atoms with Crippen molar-refractivity contribution >= 4 is 0 Å². The number of ether oxygens (including phenoxy) is 2. The van der Waals surface area contributed by atoms with Gasteiger partial charge in [0, 0.05) is 12.1 Å². The van der Waals surface area contributed by atoms with Crippen LogP contribution in [0.4, 0.5) is 0 Å². The van der Waals surface area contributed by atoms with Crippen molar-refractivity contribution in [3.05, 3.63) is 23.8 Å². The van der Waals surface area contributed by atoms with Gasteiger partial charge in [0.15, 0.2) is 0 Å². The molecule has 1 aromatic rings. The van der Waals surface area contributed by atoms with Crippen LogP contribution in [0.5, 0.6) is 11.5 Å². The molecule has 2 rings (SSSR count). The molecule has 3 atom stereocenters. The lowest BCUT2D eigenvalue weighted by Crippen LogP contribution is -2.24. The molecule has 0 amide bonds. The maximum absolute atomic E-state index is 5.37. The van der Waals surface area contributed by atoms with Gasteiger partial charge >= 0.3 is 0 Å². The van der Waals surface area contributed by atoms with Crippen LogP contribution >= 0.6 is 0 Å². The van der Waals surface area contributed by atoms with Crippen LogP contribution in [0.1, 0.15) is 38.3 Å². The van der Waals surface area contributed by atoms with Crippen LogP contribution in [0, 0.1) is 11.8 Å². The topological polar surface area (TPSA) is 30.5 Å². The molecule has 3 heteroatoms. The Balaban J connectivity index is 2.24. The Morgan fingerprint density at radius 3 is 2.21 bits per heavy atom. The summed E-state index contributed by atoms with van der Waals surface area (Å²) in [5.41, 5.74) is 1.28. The van der Waals surface area contributed by atoms with E-state index in [-0.39, 0.29) is 0 Å². The predicted molar refractivity (Wildman–Crippen MR) is 77.9 cm³/mol. The van der Waals surface area contributed by atoms with E-state index in [4.69, 9.17) is 9.47 Å². The number of nitrogens with one attached hydrogen (secondary N) is 1. The standard InChI is InChI=1S/C16H25NO2/c1-5-6-17-16(15-7-11(15)2)12-8-13(18-3)10-14(9-12)19-4/h8-11,15-17H,5-7H2,1-4H3. The van der Waals surface area contributed by atoms with Crippen molar-refractivity contribution in [2.45, 2.75) is 32.7 Å². The molecule has 106 valence electrons. The van der Waals surface area contributed by atoms with Gasteiger partial charge in [-0.15, -0.1) is 0 Å². The van der Waals surface area contributed by atoms with Gasteiger partial charge in [-0.3, -0.25) is 0 Å². The minimum Gasteiger partial charge on any atom is -0.497 e. The highest BCUT2D eigenvalue weighted by molar-refractivity contribution is 5.40. The highest BCUT2D eigenvalue weighted by atomic mass is 16.5. The van der Waals surface area contributed by atoms with Gasteiger partial charge in [-0.2, -0.15) is 0 Å². The van der Waals surface area contributed by atoms with Gasteiger partial charge in [0.05, 0.1) is 14.2 Å². The number of hydrogen-bond donors (Lipinski definition) is 1. The molecule has 0 aliphatic heterocycles. The molecule has 19 heavy (non-hydrogen) atoms. The van der Waals surface area contributed by atoms with Crippen molar-refractivity contribution in [1.29, 1.82) is 0 Å². The van der Waals surface area contributed by atoms with Gasteiger partial charge in [-0.25, -0.2) is 0 Å². The second kappa shape index (κ2) is 6.29. The highest BCUT2D eigenvalue weighted by Gasteiger charge is 2.40. The summed E-state index contributed by atoms with van der Waals surface area (Å²) < 4.78 is 10.7. The molecule has 1 aliphatic rings. The van der Waals surface area contributed by atoms with E-state index in [0.29, 0.717) is 6.04 Å². The zero-order valence-corrected chi connectivity index (χ0v) is 12.4. The summed E-state index contributed by atoms with van der Waals surface area (Å²) in [6, 6.07) is 6.59. The van der Waals surface area contributed by atoms with E-state index in [1.807, 2.05) is 6.07 Å². The number of methoxy groups -OCH3 is 2. The van der Waals surface area contributed by atoms with E-state index >= 15 is 0 Å². The van der Waals surface area contributed by atoms with Crippen LogP contribution in [0.15, 0.2) is 18.2 Å². The zero-order valence-electron chi connectivity index (χ0n) is 12.4. The lowest BCUT2D eigenvalue weighted by atomic mass is 10.00. The molecular weight excluding hydrogens is 238 g/mol. The lowest BCUT2D eigenvalue weighted by molar-refractivity contribution is 0.388. The minimum atomic E-state index is 0.416. The fraction of sp³-hybridized carbons (Fsp3) is 0.625. The molecule has 3 nitrogen and oxygen atoms in total. The molecule has 0 spiro atoms. The lowest BCUT2D eigenvalue weighted by Gasteiger charge is -2.20. The zero-order chi connectivity index (χ0) is 13.8. The molecule has 3 unspecified atom stereocenters. The van der Waals surface area contributed by atoms with Crippen LogP contribution in [-0.4, -0.2) is 20.8 Å². The van der Waals surface area contributed by atoms with E-state index in [2.05, 4.69) is 31.3 Å². The summed E-state index contributed by atoms with van der Waals surface area (Å²) in [6.45, 7) is 5.57. The fourth-order valence-corrected chi connectivity index (χ4v) is 2.64.